The summed E-state index contributed by atoms with van der Waals surface area (Å²) in [5.74, 6) is 0.0747. The summed E-state index contributed by atoms with van der Waals surface area (Å²) in [7, 11) is 1.84. The van der Waals surface area contributed by atoms with Crippen molar-refractivity contribution < 1.29 is 9.18 Å². The van der Waals surface area contributed by atoms with Crippen LogP contribution in [0.1, 0.15) is 16.2 Å². The van der Waals surface area contributed by atoms with Crippen molar-refractivity contribution in [3.63, 3.8) is 0 Å². The second-order valence-corrected chi connectivity index (χ2v) is 4.51. The normalized spacial score (nSPS) is 10.5. The summed E-state index contributed by atoms with van der Waals surface area (Å²) < 4.78 is 14.8. The number of aryl methyl sites for hydroxylation is 1. The van der Waals surface area contributed by atoms with Crippen molar-refractivity contribution in [1.29, 1.82) is 0 Å². The summed E-state index contributed by atoms with van der Waals surface area (Å²) in [6.07, 6.45) is 2.18. The first kappa shape index (κ1) is 13.5. The van der Waals surface area contributed by atoms with E-state index >= 15 is 0 Å². The molecule has 1 aromatic heterocycles. The van der Waals surface area contributed by atoms with Crippen LogP contribution in [0.15, 0.2) is 29.4 Å². The fraction of sp³-hybridized carbons (Fsp3) is 0.250. The number of hydrogen-bond acceptors (Lipinski definition) is 4. The van der Waals surface area contributed by atoms with Crippen LogP contribution in [0.5, 0.6) is 0 Å². The Hall–Kier alpha value is -1.89. The number of carbonyl (C=O) groups excluding carboxylic acids is 1. The van der Waals surface area contributed by atoms with Crippen molar-refractivity contribution in [1.82, 2.24) is 20.1 Å². The molecule has 1 heterocycles. The van der Waals surface area contributed by atoms with Gasteiger partial charge in [0.05, 0.1) is 0 Å². The second-order valence-electron chi connectivity index (χ2n) is 4.03. The highest BCUT2D eigenvalue weighted by Crippen LogP contribution is 2.14. The lowest BCUT2D eigenvalue weighted by atomic mass is 10.2. The monoisotopic (exact) mass is 280 g/mol. The standard InChI is InChI=1S/C12H13FN4OS/c1-17-7-15-16-11(17)4-5-14-12(18)8-2-3-9(13)10(19)6-8/h2-3,6-7,19H,4-5H2,1H3,(H,14,18). The van der Waals surface area contributed by atoms with E-state index in [1.807, 2.05) is 7.05 Å². The molecule has 2 aromatic rings. The maximum absolute atomic E-state index is 13.0. The predicted molar refractivity (Wildman–Crippen MR) is 70.7 cm³/mol. The number of aromatic nitrogens is 3. The zero-order valence-corrected chi connectivity index (χ0v) is 11.2. The van der Waals surface area contributed by atoms with Crippen molar-refractivity contribution in [2.75, 3.05) is 6.54 Å². The third kappa shape index (κ3) is 3.31. The summed E-state index contributed by atoms with van der Waals surface area (Å²) in [5.41, 5.74) is 0.379. The average molecular weight is 280 g/mol. The predicted octanol–water partition coefficient (Wildman–Crippen LogP) is 1.22. The van der Waals surface area contributed by atoms with Gasteiger partial charge < -0.3 is 9.88 Å². The molecule has 2 rings (SSSR count). The van der Waals surface area contributed by atoms with Gasteiger partial charge in [-0.25, -0.2) is 4.39 Å². The smallest absolute Gasteiger partial charge is 0.251 e. The maximum atomic E-state index is 13.0. The first-order valence-corrected chi connectivity index (χ1v) is 6.12. The number of amides is 1. The zero-order valence-electron chi connectivity index (χ0n) is 10.3. The zero-order chi connectivity index (χ0) is 13.8. The minimum absolute atomic E-state index is 0.154. The summed E-state index contributed by atoms with van der Waals surface area (Å²) in [6, 6.07) is 4.04. The van der Waals surface area contributed by atoms with E-state index in [4.69, 9.17) is 0 Å². The molecule has 0 aliphatic rings. The van der Waals surface area contributed by atoms with Crippen LogP contribution in [0.2, 0.25) is 0 Å². The second kappa shape index (κ2) is 5.83. The van der Waals surface area contributed by atoms with Crippen molar-refractivity contribution in [3.8, 4) is 0 Å². The van der Waals surface area contributed by atoms with Crippen LogP contribution in [0, 0.1) is 5.82 Å². The van der Waals surface area contributed by atoms with Crippen LogP contribution in [-0.2, 0) is 13.5 Å². The number of halogens is 1. The van der Waals surface area contributed by atoms with E-state index in [9.17, 15) is 9.18 Å². The van der Waals surface area contributed by atoms with Gasteiger partial charge in [0.2, 0.25) is 0 Å². The van der Waals surface area contributed by atoms with Crippen LogP contribution < -0.4 is 5.32 Å². The van der Waals surface area contributed by atoms with Crippen LogP contribution >= 0.6 is 12.6 Å². The fourth-order valence-electron chi connectivity index (χ4n) is 1.58. The first-order chi connectivity index (χ1) is 9.08. The molecule has 0 radical (unpaired) electrons. The molecule has 0 spiro atoms. The van der Waals surface area contributed by atoms with Crippen molar-refractivity contribution >= 4 is 18.5 Å². The lowest BCUT2D eigenvalue weighted by molar-refractivity contribution is 0.0953. The number of benzene rings is 1. The molecule has 0 saturated carbocycles. The van der Waals surface area contributed by atoms with Gasteiger partial charge in [-0.2, -0.15) is 0 Å². The van der Waals surface area contributed by atoms with Gasteiger partial charge in [0.15, 0.2) is 0 Å². The minimum atomic E-state index is -0.445. The highest BCUT2D eigenvalue weighted by Gasteiger charge is 2.08. The van der Waals surface area contributed by atoms with Crippen LogP contribution in [0.25, 0.3) is 0 Å². The van der Waals surface area contributed by atoms with Crippen molar-refractivity contribution in [3.05, 3.63) is 41.7 Å². The molecule has 5 nitrogen and oxygen atoms in total. The molecule has 1 aromatic carbocycles. The minimum Gasteiger partial charge on any atom is -0.352 e. The third-order valence-electron chi connectivity index (χ3n) is 2.65. The van der Waals surface area contributed by atoms with Gasteiger partial charge >= 0.3 is 0 Å². The molecule has 1 amide bonds. The number of rotatable bonds is 4. The largest absolute Gasteiger partial charge is 0.352 e. The quantitative estimate of drug-likeness (QED) is 0.828. The molecule has 0 bridgehead atoms. The molecular weight excluding hydrogens is 267 g/mol. The Morgan fingerprint density at radius 2 is 2.32 bits per heavy atom. The van der Waals surface area contributed by atoms with Crippen LogP contribution in [0.3, 0.4) is 0 Å². The molecule has 0 saturated heterocycles. The molecule has 7 heteroatoms. The lowest BCUT2D eigenvalue weighted by Gasteiger charge is -2.05. The van der Waals surface area contributed by atoms with Gasteiger partial charge in [-0.1, -0.05) is 0 Å². The van der Waals surface area contributed by atoms with E-state index < -0.39 is 5.82 Å². The Morgan fingerprint density at radius 1 is 1.53 bits per heavy atom. The van der Waals surface area contributed by atoms with Gasteiger partial charge in [0, 0.05) is 30.5 Å². The average Bonchev–Trinajstić information content (AvgIpc) is 2.78. The molecule has 0 aliphatic carbocycles. The number of thiol groups is 1. The molecule has 0 fully saturated rings. The van der Waals surface area contributed by atoms with Gasteiger partial charge in [0.1, 0.15) is 18.0 Å². The van der Waals surface area contributed by atoms with Crippen molar-refractivity contribution in [2.45, 2.75) is 11.3 Å². The molecule has 0 atom stereocenters. The Labute approximate surface area is 115 Å². The third-order valence-corrected chi connectivity index (χ3v) is 2.99. The van der Waals surface area contributed by atoms with E-state index in [2.05, 4.69) is 28.1 Å². The number of hydrogen-bond donors (Lipinski definition) is 2. The van der Waals surface area contributed by atoms with E-state index in [1.54, 1.807) is 10.9 Å². The molecule has 1 N–H and O–H groups in total. The Morgan fingerprint density at radius 3 is 2.95 bits per heavy atom. The number of carbonyl (C=O) groups is 1. The molecular formula is C12H13FN4OS. The molecule has 0 unspecified atom stereocenters. The molecule has 0 aliphatic heterocycles. The SMILES string of the molecule is Cn1cnnc1CCNC(=O)c1ccc(F)c(S)c1. The van der Waals surface area contributed by atoms with E-state index in [1.165, 1.54) is 18.2 Å². The van der Waals surface area contributed by atoms with Gasteiger partial charge in [0.25, 0.3) is 5.91 Å². The highest BCUT2D eigenvalue weighted by molar-refractivity contribution is 7.80. The maximum Gasteiger partial charge on any atom is 0.251 e. The Bertz CT molecular complexity index is 599. The summed E-state index contributed by atoms with van der Waals surface area (Å²) in [4.78, 5) is 12.0. The Balaban J connectivity index is 1.91. The molecule has 100 valence electrons. The van der Waals surface area contributed by atoms with Gasteiger partial charge in [-0.15, -0.1) is 22.8 Å². The van der Waals surface area contributed by atoms with E-state index in [0.717, 1.165) is 5.82 Å². The van der Waals surface area contributed by atoms with E-state index in [0.29, 0.717) is 18.5 Å². The summed E-state index contributed by atoms with van der Waals surface area (Å²) in [5, 5.41) is 10.4. The van der Waals surface area contributed by atoms with Crippen LogP contribution in [0.4, 0.5) is 4.39 Å². The highest BCUT2D eigenvalue weighted by atomic mass is 32.1. The molecule has 19 heavy (non-hydrogen) atoms. The van der Waals surface area contributed by atoms with Crippen LogP contribution in [-0.4, -0.2) is 27.2 Å². The van der Waals surface area contributed by atoms with Crippen molar-refractivity contribution in [2.24, 2.45) is 7.05 Å². The van der Waals surface area contributed by atoms with Gasteiger partial charge in [-0.05, 0) is 18.2 Å². The fourth-order valence-corrected chi connectivity index (χ4v) is 1.79. The lowest BCUT2D eigenvalue weighted by Crippen LogP contribution is -2.26. The summed E-state index contributed by atoms with van der Waals surface area (Å²) >= 11 is 3.94. The summed E-state index contributed by atoms with van der Waals surface area (Å²) in [6.45, 7) is 0.435. The number of nitrogens with one attached hydrogen (secondary N) is 1. The Kier molecular flexibility index (Phi) is 4.16. The first-order valence-electron chi connectivity index (χ1n) is 5.67. The van der Waals surface area contributed by atoms with E-state index in [-0.39, 0.29) is 10.8 Å². The van der Waals surface area contributed by atoms with Gasteiger partial charge in [-0.3, -0.25) is 4.79 Å². The topological polar surface area (TPSA) is 59.8 Å². The number of nitrogens with zero attached hydrogens (tertiary/aromatic N) is 3.